The van der Waals surface area contributed by atoms with Gasteiger partial charge in [-0.25, -0.2) is 0 Å². The highest BCUT2D eigenvalue weighted by Gasteiger charge is 2.55. The lowest BCUT2D eigenvalue weighted by molar-refractivity contribution is -0.0648. The zero-order valence-electron chi connectivity index (χ0n) is 17.6. The van der Waals surface area contributed by atoms with E-state index in [1.165, 1.54) is 16.7 Å². The van der Waals surface area contributed by atoms with Crippen LogP contribution in [0.2, 0.25) is 0 Å². The largest absolute Gasteiger partial charge is 0.508 e. The molecule has 1 aliphatic heterocycles. The van der Waals surface area contributed by atoms with Crippen LogP contribution in [0.15, 0.2) is 48.5 Å². The molecule has 0 aromatic heterocycles. The first-order chi connectivity index (χ1) is 13.3. The topological polar surface area (TPSA) is 32.7 Å². The lowest BCUT2D eigenvalue weighted by Crippen LogP contribution is -2.64. The molecule has 0 saturated carbocycles. The Hall–Kier alpha value is -1.84. The maximum Gasteiger partial charge on any atom is 0.115 e. The van der Waals surface area contributed by atoms with Crippen LogP contribution >= 0.6 is 0 Å². The van der Waals surface area contributed by atoms with Gasteiger partial charge in [0.05, 0.1) is 12.7 Å². The molecule has 1 heterocycles. The smallest absolute Gasteiger partial charge is 0.115 e. The van der Waals surface area contributed by atoms with Crippen LogP contribution in [0.3, 0.4) is 0 Å². The van der Waals surface area contributed by atoms with Gasteiger partial charge < -0.3 is 9.84 Å². The standard InChI is InChI=1S/C25H33NO2/c1-18(28-17-19-8-6-5-7-9-19)16-26-13-12-25(4)22-11-10-21(27)14-20(22)15-23(26)24(25,2)3/h5-11,14,18,23,27H,12-13,15-17H2,1-4H3/t18-,23-,25?/m0/s1. The fourth-order valence-corrected chi connectivity index (χ4v) is 5.45. The zero-order chi connectivity index (χ0) is 19.9. The fourth-order valence-electron chi connectivity index (χ4n) is 5.45. The van der Waals surface area contributed by atoms with E-state index in [1.807, 2.05) is 18.2 Å². The highest BCUT2D eigenvalue weighted by atomic mass is 16.5. The van der Waals surface area contributed by atoms with Crippen LogP contribution in [0, 0.1) is 5.41 Å². The summed E-state index contributed by atoms with van der Waals surface area (Å²) in [6.45, 7) is 12.2. The van der Waals surface area contributed by atoms with E-state index >= 15 is 0 Å². The molecule has 0 amide bonds. The minimum Gasteiger partial charge on any atom is -0.508 e. The van der Waals surface area contributed by atoms with Crippen LogP contribution in [0.1, 0.15) is 50.8 Å². The van der Waals surface area contributed by atoms with E-state index in [2.05, 4.69) is 62.9 Å². The molecule has 4 rings (SSSR count). The van der Waals surface area contributed by atoms with E-state index in [4.69, 9.17) is 4.74 Å². The first-order valence-electron chi connectivity index (χ1n) is 10.5. The number of phenolic OH excluding ortho intramolecular Hbond substituents is 1. The summed E-state index contributed by atoms with van der Waals surface area (Å²) >= 11 is 0. The summed E-state index contributed by atoms with van der Waals surface area (Å²) < 4.78 is 6.17. The summed E-state index contributed by atoms with van der Waals surface area (Å²) in [5.74, 6) is 0.381. The molecule has 3 atom stereocenters. The fraction of sp³-hybridized carbons (Fsp3) is 0.520. The van der Waals surface area contributed by atoms with Crippen molar-refractivity contribution in [2.24, 2.45) is 5.41 Å². The number of benzene rings is 2. The number of piperidine rings is 1. The average Bonchev–Trinajstić information content (AvgIpc) is 2.66. The Balaban J connectivity index is 1.50. The first-order valence-corrected chi connectivity index (χ1v) is 10.5. The third kappa shape index (κ3) is 3.25. The molecule has 150 valence electrons. The van der Waals surface area contributed by atoms with Crippen molar-refractivity contribution in [1.29, 1.82) is 0 Å². The van der Waals surface area contributed by atoms with Crippen molar-refractivity contribution in [3.05, 3.63) is 65.2 Å². The van der Waals surface area contributed by atoms with Crippen LogP contribution in [-0.2, 0) is 23.2 Å². The number of ether oxygens (including phenoxy) is 1. The molecule has 3 nitrogen and oxygen atoms in total. The molecule has 1 aliphatic carbocycles. The minimum atomic E-state index is 0.142. The molecule has 2 aliphatic rings. The van der Waals surface area contributed by atoms with Crippen LogP contribution in [0.4, 0.5) is 0 Å². The van der Waals surface area contributed by atoms with E-state index in [0.717, 1.165) is 25.9 Å². The highest BCUT2D eigenvalue weighted by Crippen LogP contribution is 2.56. The van der Waals surface area contributed by atoms with Crippen molar-refractivity contribution < 1.29 is 9.84 Å². The second kappa shape index (κ2) is 7.20. The van der Waals surface area contributed by atoms with E-state index in [-0.39, 0.29) is 16.9 Å². The third-order valence-corrected chi connectivity index (χ3v) is 7.56. The maximum absolute atomic E-state index is 10.0. The van der Waals surface area contributed by atoms with E-state index in [9.17, 15) is 5.11 Å². The Morgan fingerprint density at radius 3 is 2.64 bits per heavy atom. The normalized spacial score (nSPS) is 27.2. The Kier molecular flexibility index (Phi) is 5.01. The molecule has 2 aromatic carbocycles. The Morgan fingerprint density at radius 1 is 1.14 bits per heavy atom. The summed E-state index contributed by atoms with van der Waals surface area (Å²) in [6.07, 6.45) is 2.32. The van der Waals surface area contributed by atoms with Gasteiger partial charge >= 0.3 is 0 Å². The number of hydrogen-bond donors (Lipinski definition) is 1. The van der Waals surface area contributed by atoms with Crippen molar-refractivity contribution in [3.8, 4) is 5.75 Å². The second-order valence-corrected chi connectivity index (χ2v) is 9.47. The minimum absolute atomic E-state index is 0.142. The number of aromatic hydroxyl groups is 1. The molecule has 1 N–H and O–H groups in total. The van der Waals surface area contributed by atoms with Crippen molar-refractivity contribution in [2.75, 3.05) is 13.1 Å². The average molecular weight is 380 g/mol. The van der Waals surface area contributed by atoms with Gasteiger partial charge in [0, 0.05) is 18.0 Å². The van der Waals surface area contributed by atoms with Crippen LogP contribution in [0.5, 0.6) is 5.75 Å². The highest BCUT2D eigenvalue weighted by molar-refractivity contribution is 5.45. The van der Waals surface area contributed by atoms with Gasteiger partial charge in [0.15, 0.2) is 0 Å². The summed E-state index contributed by atoms with van der Waals surface area (Å²) in [7, 11) is 0. The SMILES string of the molecule is C[C@@H](CN1CCC2(C)c3ccc(O)cc3C[C@H]1C2(C)C)OCc1ccccc1. The van der Waals surface area contributed by atoms with Gasteiger partial charge in [-0.15, -0.1) is 0 Å². The molecule has 3 heteroatoms. The van der Waals surface area contributed by atoms with Crippen molar-refractivity contribution in [1.82, 2.24) is 4.90 Å². The number of phenols is 1. The van der Waals surface area contributed by atoms with E-state index in [0.29, 0.717) is 18.4 Å². The van der Waals surface area contributed by atoms with Gasteiger partial charge in [-0.2, -0.15) is 0 Å². The van der Waals surface area contributed by atoms with Gasteiger partial charge in [-0.05, 0) is 60.5 Å². The molecule has 28 heavy (non-hydrogen) atoms. The Morgan fingerprint density at radius 2 is 1.89 bits per heavy atom. The molecule has 0 spiro atoms. The molecule has 1 saturated heterocycles. The zero-order valence-corrected chi connectivity index (χ0v) is 17.6. The number of nitrogens with zero attached hydrogens (tertiary/aromatic N) is 1. The summed E-state index contributed by atoms with van der Waals surface area (Å²) in [5.41, 5.74) is 4.29. The lowest BCUT2D eigenvalue weighted by Gasteiger charge is -2.61. The molecular weight excluding hydrogens is 346 g/mol. The predicted octanol–water partition coefficient (Wildman–Crippen LogP) is 4.91. The van der Waals surface area contributed by atoms with Gasteiger partial charge in [-0.1, -0.05) is 57.2 Å². The van der Waals surface area contributed by atoms with Crippen LogP contribution in [-0.4, -0.2) is 35.2 Å². The summed E-state index contributed by atoms with van der Waals surface area (Å²) in [4.78, 5) is 2.63. The van der Waals surface area contributed by atoms with Gasteiger partial charge in [0.2, 0.25) is 0 Å². The molecule has 1 unspecified atom stereocenters. The number of hydrogen-bond acceptors (Lipinski definition) is 3. The van der Waals surface area contributed by atoms with Crippen molar-refractivity contribution in [3.63, 3.8) is 0 Å². The predicted molar refractivity (Wildman–Crippen MR) is 114 cm³/mol. The monoisotopic (exact) mass is 379 g/mol. The van der Waals surface area contributed by atoms with Crippen LogP contribution < -0.4 is 0 Å². The van der Waals surface area contributed by atoms with Gasteiger partial charge in [0.1, 0.15) is 5.75 Å². The van der Waals surface area contributed by atoms with E-state index in [1.54, 1.807) is 0 Å². The Labute approximate surface area is 169 Å². The summed E-state index contributed by atoms with van der Waals surface area (Å²) in [5, 5.41) is 10.0. The molecular formula is C25H33NO2. The maximum atomic E-state index is 10.0. The first kappa shape index (κ1) is 19.5. The van der Waals surface area contributed by atoms with Crippen molar-refractivity contribution >= 4 is 0 Å². The van der Waals surface area contributed by atoms with Crippen LogP contribution in [0.25, 0.3) is 0 Å². The molecule has 2 aromatic rings. The number of fused-ring (bicyclic) bond motifs is 4. The Bertz CT molecular complexity index is 832. The number of likely N-dealkylation sites (tertiary alicyclic amines) is 1. The van der Waals surface area contributed by atoms with Gasteiger partial charge in [-0.3, -0.25) is 4.90 Å². The van der Waals surface area contributed by atoms with E-state index < -0.39 is 0 Å². The lowest BCUT2D eigenvalue weighted by atomic mass is 9.51. The van der Waals surface area contributed by atoms with Crippen molar-refractivity contribution in [2.45, 2.75) is 64.7 Å². The summed E-state index contributed by atoms with van der Waals surface area (Å²) in [6, 6.07) is 16.9. The van der Waals surface area contributed by atoms with Gasteiger partial charge in [0.25, 0.3) is 0 Å². The number of rotatable bonds is 5. The second-order valence-electron chi connectivity index (χ2n) is 9.47. The quantitative estimate of drug-likeness (QED) is 0.801. The molecule has 0 radical (unpaired) electrons. The molecule has 1 fully saturated rings. The molecule has 2 bridgehead atoms. The third-order valence-electron chi connectivity index (χ3n) is 7.56.